The van der Waals surface area contributed by atoms with Gasteiger partial charge in [0.05, 0.1) is 10.4 Å². The van der Waals surface area contributed by atoms with Crippen LogP contribution in [0.2, 0.25) is 0 Å². The minimum Gasteiger partial charge on any atom is -0.366 e. The van der Waals surface area contributed by atoms with Crippen LogP contribution in [0.1, 0.15) is 16.7 Å². The number of thiophene rings is 1. The van der Waals surface area contributed by atoms with Gasteiger partial charge in [-0.3, -0.25) is 0 Å². The maximum atomic E-state index is 12.8. The number of nitrogens with zero attached hydrogens (tertiary/aromatic N) is 2. The van der Waals surface area contributed by atoms with E-state index in [1.807, 2.05) is 24.4 Å². The summed E-state index contributed by atoms with van der Waals surface area (Å²) in [4.78, 5) is 9.70. The molecule has 3 rings (SSSR count). The molecule has 124 valence electrons. The highest BCUT2D eigenvalue weighted by Crippen LogP contribution is 2.30. The van der Waals surface area contributed by atoms with Gasteiger partial charge >= 0.3 is 6.18 Å². The molecule has 0 aliphatic carbocycles. The van der Waals surface area contributed by atoms with Crippen LogP contribution in [0, 0.1) is 6.92 Å². The summed E-state index contributed by atoms with van der Waals surface area (Å²) >= 11 is 1.53. The van der Waals surface area contributed by atoms with Crippen molar-refractivity contribution >= 4 is 17.2 Å². The Morgan fingerprint density at radius 3 is 2.71 bits per heavy atom. The van der Waals surface area contributed by atoms with E-state index < -0.39 is 11.7 Å². The summed E-state index contributed by atoms with van der Waals surface area (Å²) < 4.78 is 38.3. The van der Waals surface area contributed by atoms with Gasteiger partial charge in [0.15, 0.2) is 5.82 Å². The van der Waals surface area contributed by atoms with Crippen LogP contribution in [0.4, 0.5) is 19.0 Å². The molecule has 2 heterocycles. The fourth-order valence-corrected chi connectivity index (χ4v) is 2.85. The topological polar surface area (TPSA) is 37.8 Å². The largest absolute Gasteiger partial charge is 0.416 e. The van der Waals surface area contributed by atoms with Crippen molar-refractivity contribution < 1.29 is 13.2 Å². The molecule has 3 nitrogen and oxygen atoms in total. The Balaban J connectivity index is 1.79. The highest BCUT2D eigenvalue weighted by Gasteiger charge is 2.30. The van der Waals surface area contributed by atoms with Crippen molar-refractivity contribution in [2.45, 2.75) is 19.6 Å². The summed E-state index contributed by atoms with van der Waals surface area (Å²) in [7, 11) is 0. The number of nitrogens with one attached hydrogen (secondary N) is 1. The van der Waals surface area contributed by atoms with E-state index in [1.54, 1.807) is 12.3 Å². The van der Waals surface area contributed by atoms with Crippen LogP contribution in [0.3, 0.4) is 0 Å². The van der Waals surface area contributed by atoms with Gasteiger partial charge in [0.1, 0.15) is 5.82 Å². The molecule has 7 heteroatoms. The predicted molar refractivity (Wildman–Crippen MR) is 88.9 cm³/mol. The van der Waals surface area contributed by atoms with Gasteiger partial charge in [-0.15, -0.1) is 11.3 Å². The molecular formula is C17H14F3N3S. The molecule has 24 heavy (non-hydrogen) atoms. The summed E-state index contributed by atoms with van der Waals surface area (Å²) in [6, 6.07) is 9.10. The Kier molecular flexibility index (Phi) is 4.53. The van der Waals surface area contributed by atoms with E-state index in [9.17, 15) is 13.2 Å². The lowest BCUT2D eigenvalue weighted by Gasteiger charge is -2.11. The lowest BCUT2D eigenvalue weighted by atomic mass is 10.1. The van der Waals surface area contributed by atoms with Crippen LogP contribution < -0.4 is 5.32 Å². The molecule has 1 aromatic carbocycles. The van der Waals surface area contributed by atoms with Crippen LogP contribution in [0.5, 0.6) is 0 Å². The third kappa shape index (κ3) is 3.73. The quantitative estimate of drug-likeness (QED) is 0.708. The molecular weight excluding hydrogens is 335 g/mol. The van der Waals surface area contributed by atoms with Crippen molar-refractivity contribution in [1.29, 1.82) is 0 Å². The van der Waals surface area contributed by atoms with Crippen LogP contribution in [0.25, 0.3) is 10.7 Å². The first-order valence-corrected chi connectivity index (χ1v) is 8.09. The predicted octanol–water partition coefficient (Wildman–Crippen LogP) is 5.14. The molecule has 1 N–H and O–H groups in total. The zero-order valence-electron chi connectivity index (χ0n) is 12.8. The van der Waals surface area contributed by atoms with E-state index in [1.165, 1.54) is 17.4 Å². The maximum absolute atomic E-state index is 12.8. The molecule has 0 amide bonds. The number of rotatable bonds is 4. The average Bonchev–Trinajstić information content (AvgIpc) is 3.08. The van der Waals surface area contributed by atoms with Gasteiger partial charge in [-0.05, 0) is 36.1 Å². The molecule has 0 radical (unpaired) electrons. The molecule has 0 spiro atoms. The second-order valence-corrected chi connectivity index (χ2v) is 6.20. The maximum Gasteiger partial charge on any atom is 0.416 e. The number of halogens is 3. The summed E-state index contributed by atoms with van der Waals surface area (Å²) in [6.45, 7) is 2.11. The highest BCUT2D eigenvalue weighted by atomic mass is 32.1. The lowest BCUT2D eigenvalue weighted by molar-refractivity contribution is -0.137. The first-order chi connectivity index (χ1) is 11.4. The monoisotopic (exact) mass is 349 g/mol. The van der Waals surface area contributed by atoms with Crippen molar-refractivity contribution in [2.24, 2.45) is 0 Å². The summed E-state index contributed by atoms with van der Waals surface area (Å²) in [5.41, 5.74) is 0.725. The molecule has 0 aliphatic rings. The molecule has 0 saturated heterocycles. The van der Waals surface area contributed by atoms with Crippen LogP contribution in [-0.2, 0) is 12.7 Å². The van der Waals surface area contributed by atoms with E-state index >= 15 is 0 Å². The SMILES string of the molecule is Cc1cnc(-c2cccs2)nc1NCc1cccc(C(F)(F)F)c1. The molecule has 0 saturated carbocycles. The van der Waals surface area contributed by atoms with Gasteiger partial charge in [0.25, 0.3) is 0 Å². The van der Waals surface area contributed by atoms with Crippen LogP contribution in [-0.4, -0.2) is 9.97 Å². The molecule has 3 aromatic rings. The Morgan fingerprint density at radius 2 is 2.00 bits per heavy atom. The molecule has 0 aliphatic heterocycles. The van der Waals surface area contributed by atoms with Crippen molar-refractivity contribution in [2.75, 3.05) is 5.32 Å². The first-order valence-electron chi connectivity index (χ1n) is 7.21. The second kappa shape index (κ2) is 6.60. The Hall–Kier alpha value is -2.41. The summed E-state index contributed by atoms with van der Waals surface area (Å²) in [5, 5.41) is 5.04. The van der Waals surface area contributed by atoms with Crippen molar-refractivity contribution in [3.05, 3.63) is 64.7 Å². The second-order valence-electron chi connectivity index (χ2n) is 5.25. The zero-order chi connectivity index (χ0) is 17.2. The molecule has 0 fully saturated rings. The van der Waals surface area contributed by atoms with Crippen molar-refractivity contribution in [1.82, 2.24) is 9.97 Å². The third-order valence-electron chi connectivity index (χ3n) is 3.43. The molecule has 0 bridgehead atoms. The normalized spacial score (nSPS) is 11.5. The van der Waals surface area contributed by atoms with Gasteiger partial charge in [-0.2, -0.15) is 13.2 Å². The van der Waals surface area contributed by atoms with E-state index in [2.05, 4.69) is 15.3 Å². The van der Waals surface area contributed by atoms with E-state index in [0.717, 1.165) is 22.6 Å². The lowest BCUT2D eigenvalue weighted by Crippen LogP contribution is -2.08. The van der Waals surface area contributed by atoms with Crippen molar-refractivity contribution in [3.63, 3.8) is 0 Å². The smallest absolute Gasteiger partial charge is 0.366 e. The third-order valence-corrected chi connectivity index (χ3v) is 4.29. The van der Waals surface area contributed by atoms with Gasteiger partial charge in [0.2, 0.25) is 0 Å². The molecule has 0 unspecified atom stereocenters. The standard InChI is InChI=1S/C17H14F3N3S/c1-11-9-21-16(14-6-3-7-24-14)23-15(11)22-10-12-4-2-5-13(8-12)17(18,19)20/h2-9H,10H2,1H3,(H,21,22,23). The average molecular weight is 349 g/mol. The number of anilines is 1. The zero-order valence-corrected chi connectivity index (χ0v) is 13.6. The Labute approximate surface area is 141 Å². The van der Waals surface area contributed by atoms with Crippen molar-refractivity contribution in [3.8, 4) is 10.7 Å². The first kappa shape index (κ1) is 16.4. The number of benzene rings is 1. The highest BCUT2D eigenvalue weighted by molar-refractivity contribution is 7.13. The van der Waals surface area contributed by atoms with Gasteiger partial charge in [-0.25, -0.2) is 9.97 Å². The fraction of sp³-hybridized carbons (Fsp3) is 0.176. The minimum atomic E-state index is -4.34. The fourth-order valence-electron chi connectivity index (χ4n) is 2.19. The minimum absolute atomic E-state index is 0.256. The number of aryl methyl sites for hydroxylation is 1. The van der Waals surface area contributed by atoms with E-state index in [0.29, 0.717) is 17.2 Å². The van der Waals surface area contributed by atoms with Gasteiger partial charge in [-0.1, -0.05) is 18.2 Å². The number of alkyl halides is 3. The van der Waals surface area contributed by atoms with Gasteiger partial charge < -0.3 is 5.32 Å². The molecule has 0 atom stereocenters. The Bertz CT molecular complexity index is 829. The summed E-state index contributed by atoms with van der Waals surface area (Å²) in [5.74, 6) is 1.22. The summed E-state index contributed by atoms with van der Waals surface area (Å²) in [6.07, 6.45) is -2.64. The van der Waals surface area contributed by atoms with E-state index in [4.69, 9.17) is 0 Å². The van der Waals surface area contributed by atoms with E-state index in [-0.39, 0.29) is 6.54 Å². The number of aromatic nitrogens is 2. The molecule has 2 aromatic heterocycles. The van der Waals surface area contributed by atoms with Crippen LogP contribution >= 0.6 is 11.3 Å². The number of hydrogen-bond donors (Lipinski definition) is 1. The van der Waals surface area contributed by atoms with Crippen LogP contribution in [0.15, 0.2) is 48.0 Å². The number of hydrogen-bond acceptors (Lipinski definition) is 4. The van der Waals surface area contributed by atoms with Gasteiger partial charge in [0, 0.05) is 18.3 Å². The Morgan fingerprint density at radius 1 is 1.17 bits per heavy atom.